The first-order valence-electron chi connectivity index (χ1n) is 9.56. The van der Waals surface area contributed by atoms with Crippen LogP contribution < -0.4 is 10.6 Å². The fourth-order valence-electron chi connectivity index (χ4n) is 3.54. The van der Waals surface area contributed by atoms with E-state index in [0.29, 0.717) is 30.8 Å². The quantitative estimate of drug-likeness (QED) is 0.562. The number of aliphatic imine (C=N–C) groups is 1. The SMILES string of the molecule is CCNC(=NCC(C)COCc1ccccc1)NC1CC2CCC1O2. The Hall–Kier alpha value is -1.59. The third-order valence-corrected chi connectivity index (χ3v) is 4.85. The number of rotatable bonds is 8. The van der Waals surface area contributed by atoms with Crippen molar-refractivity contribution in [3.8, 4) is 0 Å². The molecule has 4 atom stereocenters. The summed E-state index contributed by atoms with van der Waals surface area (Å²) in [5.74, 6) is 1.29. The molecule has 2 aliphatic rings. The molecule has 0 saturated carbocycles. The lowest BCUT2D eigenvalue weighted by atomic mass is 9.96. The highest BCUT2D eigenvalue weighted by Crippen LogP contribution is 2.34. The molecule has 2 N–H and O–H groups in total. The Morgan fingerprint density at radius 1 is 1.32 bits per heavy atom. The van der Waals surface area contributed by atoms with Gasteiger partial charge in [0.1, 0.15) is 0 Å². The van der Waals surface area contributed by atoms with Crippen molar-refractivity contribution >= 4 is 5.96 Å². The van der Waals surface area contributed by atoms with Crippen molar-refractivity contribution in [2.75, 3.05) is 19.7 Å². The molecule has 4 unspecified atom stereocenters. The second-order valence-electron chi connectivity index (χ2n) is 7.19. The number of hydrogen-bond donors (Lipinski definition) is 2. The van der Waals surface area contributed by atoms with Crippen molar-refractivity contribution in [3.63, 3.8) is 0 Å². The van der Waals surface area contributed by atoms with E-state index in [2.05, 4.69) is 36.6 Å². The van der Waals surface area contributed by atoms with Crippen LogP contribution in [0.15, 0.2) is 35.3 Å². The van der Waals surface area contributed by atoms with Crippen LogP contribution in [-0.4, -0.2) is 43.9 Å². The van der Waals surface area contributed by atoms with Gasteiger partial charge in [-0.2, -0.15) is 0 Å². The Bertz CT molecular complexity index is 549. The van der Waals surface area contributed by atoms with Gasteiger partial charge in [0.15, 0.2) is 5.96 Å². The van der Waals surface area contributed by atoms with E-state index in [0.717, 1.165) is 32.1 Å². The average molecular weight is 345 g/mol. The predicted molar refractivity (Wildman–Crippen MR) is 101 cm³/mol. The summed E-state index contributed by atoms with van der Waals surface area (Å²) in [4.78, 5) is 4.74. The molecular weight excluding hydrogens is 314 g/mol. The number of ether oxygens (including phenoxy) is 2. The first-order chi connectivity index (χ1) is 12.2. The molecule has 0 amide bonds. The molecule has 25 heavy (non-hydrogen) atoms. The average Bonchev–Trinajstić information content (AvgIpc) is 3.24. The van der Waals surface area contributed by atoms with Crippen molar-refractivity contribution in [2.24, 2.45) is 10.9 Å². The Morgan fingerprint density at radius 3 is 2.84 bits per heavy atom. The van der Waals surface area contributed by atoms with Crippen molar-refractivity contribution < 1.29 is 9.47 Å². The van der Waals surface area contributed by atoms with Gasteiger partial charge >= 0.3 is 0 Å². The van der Waals surface area contributed by atoms with E-state index >= 15 is 0 Å². The maximum absolute atomic E-state index is 5.92. The molecule has 3 rings (SSSR count). The highest BCUT2D eigenvalue weighted by atomic mass is 16.5. The molecule has 5 heteroatoms. The van der Waals surface area contributed by atoms with E-state index < -0.39 is 0 Å². The summed E-state index contributed by atoms with van der Waals surface area (Å²) in [6, 6.07) is 10.7. The number of nitrogens with one attached hydrogen (secondary N) is 2. The molecule has 2 aliphatic heterocycles. The molecule has 0 aromatic heterocycles. The lowest BCUT2D eigenvalue weighted by molar-refractivity contribution is 0.0943. The number of hydrogen-bond acceptors (Lipinski definition) is 3. The van der Waals surface area contributed by atoms with Crippen LogP contribution in [0, 0.1) is 5.92 Å². The summed E-state index contributed by atoms with van der Waals surface area (Å²) >= 11 is 0. The molecule has 0 radical (unpaired) electrons. The number of nitrogens with zero attached hydrogens (tertiary/aromatic N) is 1. The number of guanidine groups is 1. The lowest BCUT2D eigenvalue weighted by Crippen LogP contribution is -2.47. The standard InChI is InChI=1S/C20H31N3O2/c1-3-21-20(23-18-11-17-9-10-19(18)25-17)22-12-15(2)13-24-14-16-7-5-4-6-8-16/h4-8,15,17-19H,3,9-14H2,1-2H3,(H2,21,22,23). The monoisotopic (exact) mass is 345 g/mol. The van der Waals surface area contributed by atoms with Gasteiger partial charge in [-0.15, -0.1) is 0 Å². The highest BCUT2D eigenvalue weighted by Gasteiger charge is 2.41. The molecule has 2 bridgehead atoms. The summed E-state index contributed by atoms with van der Waals surface area (Å²) in [5.41, 5.74) is 1.21. The van der Waals surface area contributed by atoms with Crippen LogP contribution in [0.3, 0.4) is 0 Å². The third kappa shape index (κ3) is 5.44. The zero-order valence-electron chi connectivity index (χ0n) is 15.4. The predicted octanol–water partition coefficient (Wildman–Crippen LogP) is 2.71. The Morgan fingerprint density at radius 2 is 2.16 bits per heavy atom. The molecule has 2 fully saturated rings. The molecule has 1 aromatic rings. The van der Waals surface area contributed by atoms with E-state index in [-0.39, 0.29) is 0 Å². The second kappa shape index (κ2) is 9.20. The second-order valence-corrected chi connectivity index (χ2v) is 7.19. The summed E-state index contributed by atoms with van der Waals surface area (Å²) in [6.07, 6.45) is 4.30. The van der Waals surface area contributed by atoms with Gasteiger partial charge < -0.3 is 20.1 Å². The van der Waals surface area contributed by atoms with Gasteiger partial charge in [0.05, 0.1) is 31.5 Å². The van der Waals surface area contributed by atoms with Crippen molar-refractivity contribution in [1.82, 2.24) is 10.6 Å². The minimum atomic E-state index is 0.362. The zero-order chi connectivity index (χ0) is 17.5. The third-order valence-electron chi connectivity index (χ3n) is 4.85. The molecule has 0 spiro atoms. The van der Waals surface area contributed by atoms with E-state index in [9.17, 15) is 0 Å². The van der Waals surface area contributed by atoms with Gasteiger partial charge in [-0.1, -0.05) is 37.3 Å². The lowest BCUT2D eigenvalue weighted by Gasteiger charge is -2.23. The maximum atomic E-state index is 5.92. The van der Waals surface area contributed by atoms with Crippen LogP contribution in [0.2, 0.25) is 0 Å². The first-order valence-corrected chi connectivity index (χ1v) is 9.56. The van der Waals surface area contributed by atoms with Gasteiger partial charge in [-0.3, -0.25) is 4.99 Å². The molecule has 138 valence electrons. The van der Waals surface area contributed by atoms with Crippen LogP contribution in [0.4, 0.5) is 0 Å². The van der Waals surface area contributed by atoms with Gasteiger partial charge in [0.25, 0.3) is 0 Å². The zero-order valence-corrected chi connectivity index (χ0v) is 15.4. The van der Waals surface area contributed by atoms with Gasteiger partial charge in [0, 0.05) is 13.1 Å². The minimum absolute atomic E-state index is 0.362. The van der Waals surface area contributed by atoms with Crippen LogP contribution in [0.25, 0.3) is 0 Å². The molecule has 1 aromatic carbocycles. The Kier molecular flexibility index (Phi) is 6.70. The largest absolute Gasteiger partial charge is 0.376 e. The summed E-state index contributed by atoms with van der Waals surface area (Å²) < 4.78 is 11.7. The van der Waals surface area contributed by atoms with Crippen molar-refractivity contribution in [2.45, 2.75) is 58.0 Å². The van der Waals surface area contributed by atoms with Crippen LogP contribution in [0.1, 0.15) is 38.7 Å². The van der Waals surface area contributed by atoms with Gasteiger partial charge in [-0.25, -0.2) is 0 Å². The van der Waals surface area contributed by atoms with Gasteiger partial charge in [-0.05, 0) is 37.7 Å². The number of benzene rings is 1. The van der Waals surface area contributed by atoms with E-state index in [4.69, 9.17) is 14.5 Å². The Balaban J connectivity index is 1.41. The Labute approximate surface area is 151 Å². The van der Waals surface area contributed by atoms with E-state index in [1.54, 1.807) is 0 Å². The normalized spacial score (nSPS) is 26.6. The molecular formula is C20H31N3O2. The highest BCUT2D eigenvalue weighted by molar-refractivity contribution is 5.80. The van der Waals surface area contributed by atoms with Crippen LogP contribution in [-0.2, 0) is 16.1 Å². The van der Waals surface area contributed by atoms with E-state index in [1.165, 1.54) is 18.4 Å². The van der Waals surface area contributed by atoms with Crippen molar-refractivity contribution in [1.29, 1.82) is 0 Å². The fourth-order valence-corrected chi connectivity index (χ4v) is 3.54. The minimum Gasteiger partial charge on any atom is -0.376 e. The fraction of sp³-hybridized carbons (Fsp3) is 0.650. The van der Waals surface area contributed by atoms with Gasteiger partial charge in [0.2, 0.25) is 0 Å². The molecule has 2 heterocycles. The van der Waals surface area contributed by atoms with Crippen LogP contribution in [0.5, 0.6) is 0 Å². The summed E-state index contributed by atoms with van der Waals surface area (Å²) in [6.45, 7) is 7.28. The van der Waals surface area contributed by atoms with Crippen LogP contribution >= 0.6 is 0 Å². The summed E-state index contributed by atoms with van der Waals surface area (Å²) in [5, 5.41) is 6.91. The first kappa shape index (κ1) is 18.2. The molecule has 0 aliphatic carbocycles. The van der Waals surface area contributed by atoms with Crippen molar-refractivity contribution in [3.05, 3.63) is 35.9 Å². The maximum Gasteiger partial charge on any atom is 0.191 e. The van der Waals surface area contributed by atoms with E-state index in [1.807, 2.05) is 18.2 Å². The summed E-state index contributed by atoms with van der Waals surface area (Å²) in [7, 11) is 0. The molecule has 2 saturated heterocycles. The number of fused-ring (bicyclic) bond motifs is 2. The topological polar surface area (TPSA) is 54.9 Å². The molecule has 5 nitrogen and oxygen atoms in total. The smallest absolute Gasteiger partial charge is 0.191 e.